The molecule has 0 aliphatic heterocycles. The summed E-state index contributed by atoms with van der Waals surface area (Å²) in [6, 6.07) is 3.71. The number of aromatic nitrogens is 1. The summed E-state index contributed by atoms with van der Waals surface area (Å²) in [4.78, 5) is 4.05. The highest BCUT2D eigenvalue weighted by Crippen LogP contribution is 2.20. The molecular formula is C10H14BrNO2. The van der Waals surface area contributed by atoms with Crippen molar-refractivity contribution in [3.63, 3.8) is 0 Å². The van der Waals surface area contributed by atoms with Crippen LogP contribution in [0.1, 0.15) is 13.3 Å². The van der Waals surface area contributed by atoms with Crippen LogP contribution in [0.2, 0.25) is 0 Å². The summed E-state index contributed by atoms with van der Waals surface area (Å²) in [5, 5.41) is 0. The van der Waals surface area contributed by atoms with Gasteiger partial charge in [0, 0.05) is 12.8 Å². The van der Waals surface area contributed by atoms with Crippen LogP contribution in [0.4, 0.5) is 0 Å². The lowest BCUT2D eigenvalue weighted by Gasteiger charge is -2.07. The maximum atomic E-state index is 5.45. The van der Waals surface area contributed by atoms with Crippen LogP contribution >= 0.6 is 15.9 Å². The predicted molar refractivity (Wildman–Crippen MR) is 58.5 cm³/mol. The monoisotopic (exact) mass is 259 g/mol. The number of hydrogen-bond acceptors (Lipinski definition) is 3. The maximum Gasteiger partial charge on any atom is 0.152 e. The number of ether oxygens (including phenoxy) is 2. The average Bonchev–Trinajstić information content (AvgIpc) is 2.20. The molecule has 0 unspecified atom stereocenters. The van der Waals surface area contributed by atoms with Crippen LogP contribution in [-0.4, -0.2) is 24.8 Å². The molecule has 0 amide bonds. The summed E-state index contributed by atoms with van der Waals surface area (Å²) in [5.74, 6) is 0.757. The fourth-order valence-electron chi connectivity index (χ4n) is 0.936. The molecule has 1 aromatic rings. The molecule has 0 spiro atoms. The molecule has 0 radical (unpaired) electrons. The summed E-state index contributed by atoms with van der Waals surface area (Å²) < 4.78 is 11.5. The van der Waals surface area contributed by atoms with E-state index in [1.54, 1.807) is 6.20 Å². The third-order valence-electron chi connectivity index (χ3n) is 1.56. The zero-order valence-corrected chi connectivity index (χ0v) is 9.79. The molecule has 0 aliphatic rings. The number of nitrogens with zero attached hydrogens (tertiary/aromatic N) is 1. The lowest BCUT2D eigenvalue weighted by molar-refractivity contribution is 0.100. The first-order valence-electron chi connectivity index (χ1n) is 4.65. The van der Waals surface area contributed by atoms with Crippen LogP contribution in [0.5, 0.6) is 5.75 Å². The van der Waals surface area contributed by atoms with Crippen molar-refractivity contribution in [1.29, 1.82) is 0 Å². The lowest BCUT2D eigenvalue weighted by atomic mass is 10.5. The number of pyridine rings is 1. The second kappa shape index (κ2) is 6.79. The topological polar surface area (TPSA) is 31.4 Å². The van der Waals surface area contributed by atoms with Gasteiger partial charge in [0.1, 0.15) is 11.2 Å². The minimum Gasteiger partial charge on any atom is -0.488 e. The first-order chi connectivity index (χ1) is 6.84. The third-order valence-corrected chi connectivity index (χ3v) is 2.15. The molecule has 78 valence electrons. The van der Waals surface area contributed by atoms with Gasteiger partial charge in [-0.15, -0.1) is 0 Å². The fourth-order valence-corrected chi connectivity index (χ4v) is 1.30. The highest BCUT2D eigenvalue weighted by atomic mass is 79.9. The minimum atomic E-state index is 0.560. The van der Waals surface area contributed by atoms with E-state index in [1.165, 1.54) is 0 Å². The van der Waals surface area contributed by atoms with Gasteiger partial charge in [-0.25, -0.2) is 4.98 Å². The van der Waals surface area contributed by atoms with E-state index in [0.717, 1.165) is 23.4 Å². The Hall–Kier alpha value is -0.610. The Bertz CT molecular complexity index is 268. The first kappa shape index (κ1) is 11.5. The molecular weight excluding hydrogens is 246 g/mol. The lowest BCUT2D eigenvalue weighted by Crippen LogP contribution is -2.07. The van der Waals surface area contributed by atoms with Crippen molar-refractivity contribution in [3.8, 4) is 5.75 Å². The van der Waals surface area contributed by atoms with Gasteiger partial charge in [0.2, 0.25) is 0 Å². The quantitative estimate of drug-likeness (QED) is 0.582. The van der Waals surface area contributed by atoms with Gasteiger partial charge in [-0.2, -0.15) is 0 Å². The Morgan fingerprint density at radius 1 is 1.36 bits per heavy atom. The molecule has 0 aromatic carbocycles. The molecule has 1 heterocycles. The molecule has 0 saturated carbocycles. The predicted octanol–water partition coefficient (Wildman–Crippen LogP) is 2.65. The van der Waals surface area contributed by atoms with Gasteiger partial charge in [0.15, 0.2) is 5.75 Å². The van der Waals surface area contributed by atoms with Crippen molar-refractivity contribution in [1.82, 2.24) is 4.98 Å². The number of rotatable bonds is 6. The van der Waals surface area contributed by atoms with Crippen molar-refractivity contribution >= 4 is 15.9 Å². The molecule has 0 aliphatic carbocycles. The summed E-state index contributed by atoms with van der Waals surface area (Å²) in [6.45, 7) is 4.05. The van der Waals surface area contributed by atoms with E-state index >= 15 is 0 Å². The van der Waals surface area contributed by atoms with Crippen molar-refractivity contribution in [3.05, 3.63) is 22.9 Å². The molecule has 14 heavy (non-hydrogen) atoms. The Labute approximate surface area is 92.6 Å². The Kier molecular flexibility index (Phi) is 5.56. The summed E-state index contributed by atoms with van der Waals surface area (Å²) in [5.41, 5.74) is 0. The van der Waals surface area contributed by atoms with Crippen LogP contribution in [0.25, 0.3) is 0 Å². The number of hydrogen-bond donors (Lipinski definition) is 0. The zero-order valence-electron chi connectivity index (χ0n) is 8.20. The third kappa shape index (κ3) is 4.07. The molecule has 0 saturated heterocycles. The molecule has 0 bridgehead atoms. The van der Waals surface area contributed by atoms with Gasteiger partial charge in [-0.3, -0.25) is 0 Å². The van der Waals surface area contributed by atoms with Crippen molar-refractivity contribution in [2.45, 2.75) is 13.3 Å². The van der Waals surface area contributed by atoms with Crippen molar-refractivity contribution in [2.75, 3.05) is 19.8 Å². The van der Waals surface area contributed by atoms with Crippen molar-refractivity contribution in [2.24, 2.45) is 0 Å². The standard InChI is InChI=1S/C10H14BrNO2/c1-2-6-13-7-8-14-9-4-3-5-12-10(9)11/h3-5H,2,6-8H2,1H3. The fraction of sp³-hybridized carbons (Fsp3) is 0.500. The largest absolute Gasteiger partial charge is 0.488 e. The highest BCUT2D eigenvalue weighted by Gasteiger charge is 1.99. The van der Waals surface area contributed by atoms with Crippen LogP contribution in [0, 0.1) is 0 Å². The van der Waals surface area contributed by atoms with Gasteiger partial charge in [0.05, 0.1) is 6.61 Å². The van der Waals surface area contributed by atoms with Gasteiger partial charge in [-0.1, -0.05) is 6.92 Å². The molecule has 0 atom stereocenters. The Morgan fingerprint density at radius 2 is 2.21 bits per heavy atom. The second-order valence-electron chi connectivity index (χ2n) is 2.75. The molecule has 4 heteroatoms. The zero-order chi connectivity index (χ0) is 10.2. The van der Waals surface area contributed by atoms with Gasteiger partial charge in [-0.05, 0) is 34.5 Å². The average molecular weight is 260 g/mol. The maximum absolute atomic E-state index is 5.45. The van der Waals surface area contributed by atoms with E-state index in [2.05, 4.69) is 27.8 Å². The van der Waals surface area contributed by atoms with Crippen LogP contribution in [0.15, 0.2) is 22.9 Å². The normalized spacial score (nSPS) is 10.1. The number of halogens is 1. The first-order valence-corrected chi connectivity index (χ1v) is 5.45. The Balaban J connectivity index is 2.21. The van der Waals surface area contributed by atoms with E-state index in [4.69, 9.17) is 9.47 Å². The van der Waals surface area contributed by atoms with Crippen LogP contribution in [-0.2, 0) is 4.74 Å². The van der Waals surface area contributed by atoms with Crippen LogP contribution < -0.4 is 4.74 Å². The van der Waals surface area contributed by atoms with Crippen LogP contribution in [0.3, 0.4) is 0 Å². The Morgan fingerprint density at radius 3 is 2.93 bits per heavy atom. The van der Waals surface area contributed by atoms with Gasteiger partial charge < -0.3 is 9.47 Å². The summed E-state index contributed by atoms with van der Waals surface area (Å²) in [7, 11) is 0. The molecule has 0 fully saturated rings. The van der Waals surface area contributed by atoms with Gasteiger partial charge >= 0.3 is 0 Å². The molecule has 1 rings (SSSR count). The molecule has 1 aromatic heterocycles. The van der Waals surface area contributed by atoms with E-state index in [0.29, 0.717) is 13.2 Å². The molecule has 0 N–H and O–H groups in total. The SMILES string of the molecule is CCCOCCOc1cccnc1Br. The van der Waals surface area contributed by atoms with E-state index in [9.17, 15) is 0 Å². The van der Waals surface area contributed by atoms with Gasteiger partial charge in [0.25, 0.3) is 0 Å². The van der Waals surface area contributed by atoms with E-state index in [1.807, 2.05) is 12.1 Å². The van der Waals surface area contributed by atoms with E-state index in [-0.39, 0.29) is 0 Å². The summed E-state index contributed by atoms with van der Waals surface area (Å²) >= 11 is 3.30. The van der Waals surface area contributed by atoms with Crippen molar-refractivity contribution < 1.29 is 9.47 Å². The smallest absolute Gasteiger partial charge is 0.152 e. The minimum absolute atomic E-state index is 0.560. The second-order valence-corrected chi connectivity index (χ2v) is 3.50. The molecule has 3 nitrogen and oxygen atoms in total. The highest BCUT2D eigenvalue weighted by molar-refractivity contribution is 9.10. The summed E-state index contributed by atoms with van der Waals surface area (Å²) in [6.07, 6.45) is 2.75. The van der Waals surface area contributed by atoms with E-state index < -0.39 is 0 Å².